The molecule has 1 unspecified atom stereocenters. The number of benzene rings is 1. The lowest BCUT2D eigenvalue weighted by molar-refractivity contribution is 0.0656. The van der Waals surface area contributed by atoms with E-state index < -0.39 is 0 Å². The van der Waals surface area contributed by atoms with Gasteiger partial charge >= 0.3 is 0 Å². The molecule has 120 valence electrons. The van der Waals surface area contributed by atoms with Crippen molar-refractivity contribution >= 4 is 15.9 Å². The van der Waals surface area contributed by atoms with Crippen LogP contribution in [0.15, 0.2) is 16.6 Å². The summed E-state index contributed by atoms with van der Waals surface area (Å²) in [6.45, 7) is 1.72. The number of hydrazine groups is 1. The van der Waals surface area contributed by atoms with Crippen LogP contribution in [0.3, 0.4) is 0 Å². The molecule has 0 heterocycles. The standard InChI is InChI=1S/C14H23BrN2O4/c1-18-8-9-21-7-6-11(17-16)10-4-5-12(19-2)13(15)14(10)20-3/h4-5,11,17H,6-9,16H2,1-3H3. The monoisotopic (exact) mass is 362 g/mol. The summed E-state index contributed by atoms with van der Waals surface area (Å²) in [5, 5.41) is 0. The van der Waals surface area contributed by atoms with Crippen LogP contribution in [0.25, 0.3) is 0 Å². The zero-order valence-corrected chi connectivity index (χ0v) is 14.2. The number of ether oxygens (including phenoxy) is 4. The summed E-state index contributed by atoms with van der Waals surface area (Å²) in [5.74, 6) is 7.07. The maximum Gasteiger partial charge on any atom is 0.141 e. The second-order valence-corrected chi connectivity index (χ2v) is 5.11. The van der Waals surface area contributed by atoms with Crippen LogP contribution in [-0.4, -0.2) is 41.2 Å². The van der Waals surface area contributed by atoms with E-state index in [1.54, 1.807) is 21.3 Å². The van der Waals surface area contributed by atoms with E-state index in [0.29, 0.717) is 31.3 Å². The third-order valence-electron chi connectivity index (χ3n) is 3.08. The van der Waals surface area contributed by atoms with E-state index in [4.69, 9.17) is 24.8 Å². The largest absolute Gasteiger partial charge is 0.495 e. The van der Waals surface area contributed by atoms with Crippen LogP contribution >= 0.6 is 15.9 Å². The minimum Gasteiger partial charge on any atom is -0.495 e. The first-order valence-corrected chi connectivity index (χ1v) is 7.42. The lowest BCUT2D eigenvalue weighted by Gasteiger charge is -2.21. The Kier molecular flexibility index (Phi) is 8.63. The summed E-state index contributed by atoms with van der Waals surface area (Å²) in [6.07, 6.45) is 0.718. The van der Waals surface area contributed by atoms with Gasteiger partial charge in [-0.2, -0.15) is 0 Å². The summed E-state index contributed by atoms with van der Waals surface area (Å²) in [5.41, 5.74) is 3.74. The van der Waals surface area contributed by atoms with E-state index in [2.05, 4.69) is 21.4 Å². The van der Waals surface area contributed by atoms with Gasteiger partial charge in [-0.15, -0.1) is 0 Å². The highest BCUT2D eigenvalue weighted by atomic mass is 79.9. The van der Waals surface area contributed by atoms with Crippen molar-refractivity contribution in [3.63, 3.8) is 0 Å². The summed E-state index contributed by atoms with van der Waals surface area (Å²) < 4.78 is 21.9. The zero-order chi connectivity index (χ0) is 15.7. The van der Waals surface area contributed by atoms with Gasteiger partial charge in [0.2, 0.25) is 0 Å². The molecule has 0 spiro atoms. The molecule has 0 aliphatic carbocycles. The minimum absolute atomic E-state index is 0.0790. The fourth-order valence-corrected chi connectivity index (χ4v) is 2.65. The van der Waals surface area contributed by atoms with Crippen LogP contribution in [0.4, 0.5) is 0 Å². The van der Waals surface area contributed by atoms with Gasteiger partial charge in [-0.1, -0.05) is 0 Å². The van der Waals surface area contributed by atoms with Crippen molar-refractivity contribution < 1.29 is 18.9 Å². The Morgan fingerprint density at radius 3 is 2.48 bits per heavy atom. The SMILES string of the molecule is COCCOCCC(NN)c1ccc(OC)c(Br)c1OC. The first-order valence-electron chi connectivity index (χ1n) is 6.62. The van der Waals surface area contributed by atoms with Crippen molar-refractivity contribution in [3.05, 3.63) is 22.2 Å². The molecule has 3 N–H and O–H groups in total. The first-order chi connectivity index (χ1) is 10.2. The molecule has 0 saturated carbocycles. The molecular weight excluding hydrogens is 340 g/mol. The van der Waals surface area contributed by atoms with E-state index in [0.717, 1.165) is 16.5 Å². The highest BCUT2D eigenvalue weighted by molar-refractivity contribution is 9.10. The van der Waals surface area contributed by atoms with Gasteiger partial charge in [0.1, 0.15) is 16.0 Å². The van der Waals surface area contributed by atoms with Crippen LogP contribution in [0.2, 0.25) is 0 Å². The van der Waals surface area contributed by atoms with Gasteiger partial charge < -0.3 is 18.9 Å². The Morgan fingerprint density at radius 1 is 1.14 bits per heavy atom. The fraction of sp³-hybridized carbons (Fsp3) is 0.571. The molecule has 0 aliphatic rings. The average Bonchev–Trinajstić information content (AvgIpc) is 2.51. The maximum atomic E-state index is 5.66. The number of nitrogens with two attached hydrogens (primary N) is 1. The summed E-state index contributed by atoms with van der Waals surface area (Å²) in [4.78, 5) is 0. The molecule has 0 amide bonds. The number of halogens is 1. The van der Waals surface area contributed by atoms with E-state index in [-0.39, 0.29) is 6.04 Å². The molecule has 0 saturated heterocycles. The van der Waals surface area contributed by atoms with Crippen molar-refractivity contribution in [2.75, 3.05) is 41.2 Å². The second kappa shape index (κ2) is 9.97. The molecular formula is C14H23BrN2O4. The third-order valence-corrected chi connectivity index (χ3v) is 3.83. The van der Waals surface area contributed by atoms with Crippen LogP contribution in [0, 0.1) is 0 Å². The van der Waals surface area contributed by atoms with Crippen molar-refractivity contribution in [2.45, 2.75) is 12.5 Å². The predicted molar refractivity (Wildman–Crippen MR) is 84.6 cm³/mol. The molecule has 1 aromatic rings. The first kappa shape index (κ1) is 18.2. The Bertz CT molecular complexity index is 432. The van der Waals surface area contributed by atoms with Gasteiger partial charge in [-0.05, 0) is 34.5 Å². The van der Waals surface area contributed by atoms with E-state index in [1.165, 1.54) is 0 Å². The second-order valence-electron chi connectivity index (χ2n) is 4.32. The summed E-state index contributed by atoms with van der Waals surface area (Å²) >= 11 is 3.49. The molecule has 0 bridgehead atoms. The van der Waals surface area contributed by atoms with Crippen molar-refractivity contribution in [1.82, 2.24) is 5.43 Å². The molecule has 1 aromatic carbocycles. The quantitative estimate of drug-likeness (QED) is 0.376. The average molecular weight is 363 g/mol. The lowest BCUT2D eigenvalue weighted by Crippen LogP contribution is -2.29. The van der Waals surface area contributed by atoms with E-state index in [9.17, 15) is 0 Å². The van der Waals surface area contributed by atoms with Gasteiger partial charge in [0.15, 0.2) is 0 Å². The molecule has 0 radical (unpaired) electrons. The fourth-order valence-electron chi connectivity index (χ4n) is 1.97. The third kappa shape index (κ3) is 5.12. The van der Waals surface area contributed by atoms with Crippen LogP contribution in [-0.2, 0) is 9.47 Å². The number of nitrogens with one attached hydrogen (secondary N) is 1. The molecule has 0 aliphatic heterocycles. The maximum absolute atomic E-state index is 5.66. The Balaban J connectivity index is 2.78. The van der Waals surface area contributed by atoms with Gasteiger partial charge in [0.05, 0.1) is 33.5 Å². The normalized spacial score (nSPS) is 12.2. The van der Waals surface area contributed by atoms with E-state index >= 15 is 0 Å². The van der Waals surface area contributed by atoms with Gasteiger partial charge in [-0.3, -0.25) is 11.3 Å². The smallest absolute Gasteiger partial charge is 0.141 e. The molecule has 21 heavy (non-hydrogen) atoms. The van der Waals surface area contributed by atoms with Crippen molar-refractivity contribution in [2.24, 2.45) is 5.84 Å². The lowest BCUT2D eigenvalue weighted by atomic mass is 10.0. The summed E-state index contributed by atoms with van der Waals surface area (Å²) in [7, 11) is 4.88. The molecule has 6 nitrogen and oxygen atoms in total. The molecule has 1 rings (SSSR count). The number of methoxy groups -OCH3 is 3. The predicted octanol–water partition coefficient (Wildman–Crippen LogP) is 2.02. The Morgan fingerprint density at radius 2 is 1.90 bits per heavy atom. The number of hydrogen-bond acceptors (Lipinski definition) is 6. The van der Waals surface area contributed by atoms with Gasteiger partial charge in [0.25, 0.3) is 0 Å². The highest BCUT2D eigenvalue weighted by Crippen LogP contribution is 2.40. The topological polar surface area (TPSA) is 75.0 Å². The molecule has 1 atom stereocenters. The van der Waals surface area contributed by atoms with Crippen molar-refractivity contribution in [3.8, 4) is 11.5 Å². The molecule has 0 fully saturated rings. The van der Waals surface area contributed by atoms with Gasteiger partial charge in [-0.25, -0.2) is 0 Å². The number of hydrogen-bond donors (Lipinski definition) is 2. The zero-order valence-electron chi connectivity index (χ0n) is 12.6. The Labute approximate surface area is 134 Å². The van der Waals surface area contributed by atoms with Crippen molar-refractivity contribution in [1.29, 1.82) is 0 Å². The minimum atomic E-state index is -0.0790. The number of rotatable bonds is 10. The van der Waals surface area contributed by atoms with Crippen LogP contribution < -0.4 is 20.7 Å². The van der Waals surface area contributed by atoms with Crippen LogP contribution in [0.5, 0.6) is 11.5 Å². The Hall–Kier alpha value is -0.860. The van der Waals surface area contributed by atoms with Gasteiger partial charge in [0, 0.05) is 19.3 Å². The molecule has 7 heteroatoms. The van der Waals surface area contributed by atoms with E-state index in [1.807, 2.05) is 12.1 Å². The highest BCUT2D eigenvalue weighted by Gasteiger charge is 2.19. The van der Waals surface area contributed by atoms with Crippen LogP contribution in [0.1, 0.15) is 18.0 Å². The summed E-state index contributed by atoms with van der Waals surface area (Å²) in [6, 6.07) is 3.73. The molecule has 0 aromatic heterocycles.